The Kier molecular flexibility index (Phi) is 4.73. The summed E-state index contributed by atoms with van der Waals surface area (Å²) in [6.45, 7) is 0. The molecule has 0 aliphatic heterocycles. The van der Waals surface area contributed by atoms with Crippen LogP contribution in [0.4, 0.5) is 26.3 Å². The molecule has 19 heavy (non-hydrogen) atoms. The van der Waals surface area contributed by atoms with Gasteiger partial charge in [0.1, 0.15) is 0 Å². The quantitative estimate of drug-likeness (QED) is 0.805. The first-order chi connectivity index (χ1) is 8.52. The van der Waals surface area contributed by atoms with Gasteiger partial charge < -0.3 is 5.73 Å². The monoisotopic (exact) mass is 305 g/mol. The van der Waals surface area contributed by atoms with E-state index in [9.17, 15) is 26.3 Å². The summed E-state index contributed by atoms with van der Waals surface area (Å²) in [5.74, 6) is 0. The van der Waals surface area contributed by atoms with Gasteiger partial charge in [-0.15, -0.1) is 0 Å². The molecule has 108 valence electrons. The van der Waals surface area contributed by atoms with Crippen LogP contribution in [0.25, 0.3) is 0 Å². The highest BCUT2D eigenvalue weighted by atomic mass is 35.5. The lowest BCUT2D eigenvalue weighted by Crippen LogP contribution is -2.20. The molecule has 1 rings (SSSR count). The van der Waals surface area contributed by atoms with Gasteiger partial charge in [0, 0.05) is 17.5 Å². The fourth-order valence-electron chi connectivity index (χ4n) is 1.62. The van der Waals surface area contributed by atoms with E-state index < -0.39 is 42.4 Å². The van der Waals surface area contributed by atoms with Gasteiger partial charge in [0.05, 0.1) is 5.56 Å². The fraction of sp³-hybridized carbons (Fsp3) is 0.455. The first-order valence-corrected chi connectivity index (χ1v) is 5.58. The molecule has 0 aromatic heterocycles. The van der Waals surface area contributed by atoms with E-state index in [4.69, 9.17) is 17.3 Å². The zero-order chi connectivity index (χ0) is 14.8. The highest BCUT2D eigenvalue weighted by Crippen LogP contribution is 2.39. The molecular formula is C11H10ClF6N. The van der Waals surface area contributed by atoms with Gasteiger partial charge >= 0.3 is 12.4 Å². The summed E-state index contributed by atoms with van der Waals surface area (Å²) in [4.78, 5) is 0. The summed E-state index contributed by atoms with van der Waals surface area (Å²) >= 11 is 5.62. The Hall–Kier alpha value is -0.950. The van der Waals surface area contributed by atoms with Crippen LogP contribution >= 0.6 is 11.6 Å². The lowest BCUT2D eigenvalue weighted by atomic mass is 9.97. The van der Waals surface area contributed by atoms with Gasteiger partial charge in [0.25, 0.3) is 0 Å². The number of halogens is 7. The van der Waals surface area contributed by atoms with E-state index in [-0.39, 0.29) is 5.02 Å². The summed E-state index contributed by atoms with van der Waals surface area (Å²) in [5, 5.41) is -0.288. The Morgan fingerprint density at radius 2 is 1.68 bits per heavy atom. The second-order valence-corrected chi connectivity index (χ2v) is 4.37. The predicted molar refractivity (Wildman–Crippen MR) is 58.7 cm³/mol. The van der Waals surface area contributed by atoms with Crippen molar-refractivity contribution < 1.29 is 26.3 Å². The van der Waals surface area contributed by atoms with Crippen LogP contribution in [-0.4, -0.2) is 6.18 Å². The zero-order valence-electron chi connectivity index (χ0n) is 9.45. The van der Waals surface area contributed by atoms with Crippen LogP contribution in [-0.2, 0) is 6.18 Å². The molecule has 1 atom stereocenters. The normalized spacial score (nSPS) is 14.5. The van der Waals surface area contributed by atoms with Crippen molar-refractivity contribution in [2.24, 2.45) is 5.73 Å². The molecule has 0 aliphatic carbocycles. The standard InChI is InChI=1S/C11H10ClF6N/c12-7-3-1-2-6(11(16,17)18)9(7)8(19)4-5-10(13,14)15/h1-3,8H,4-5,19H2/t8-/m0/s1. The van der Waals surface area contributed by atoms with Gasteiger partial charge in [-0.05, 0) is 24.1 Å². The molecule has 0 saturated carbocycles. The number of benzene rings is 1. The Bertz CT molecular complexity index is 440. The van der Waals surface area contributed by atoms with Crippen molar-refractivity contribution in [2.75, 3.05) is 0 Å². The van der Waals surface area contributed by atoms with Crippen molar-refractivity contribution in [1.29, 1.82) is 0 Å². The van der Waals surface area contributed by atoms with Gasteiger partial charge in [0.2, 0.25) is 0 Å². The number of nitrogens with two attached hydrogens (primary N) is 1. The molecule has 0 spiro atoms. The number of hydrogen-bond acceptors (Lipinski definition) is 1. The molecule has 1 aromatic carbocycles. The maximum atomic E-state index is 12.7. The lowest BCUT2D eigenvalue weighted by molar-refractivity contribution is -0.139. The molecule has 0 amide bonds. The first kappa shape index (κ1) is 16.1. The number of rotatable bonds is 3. The van der Waals surface area contributed by atoms with E-state index >= 15 is 0 Å². The third-order valence-electron chi connectivity index (χ3n) is 2.47. The summed E-state index contributed by atoms with van der Waals surface area (Å²) in [6.07, 6.45) is -11.1. The van der Waals surface area contributed by atoms with Crippen molar-refractivity contribution in [1.82, 2.24) is 0 Å². The van der Waals surface area contributed by atoms with E-state index in [0.29, 0.717) is 0 Å². The number of alkyl halides is 6. The summed E-state index contributed by atoms with van der Waals surface area (Å²) in [6, 6.07) is 1.56. The van der Waals surface area contributed by atoms with Crippen LogP contribution in [0.1, 0.15) is 30.0 Å². The Morgan fingerprint density at radius 1 is 1.11 bits per heavy atom. The summed E-state index contributed by atoms with van der Waals surface area (Å²) in [7, 11) is 0. The van der Waals surface area contributed by atoms with E-state index in [1.807, 2.05) is 0 Å². The zero-order valence-corrected chi connectivity index (χ0v) is 10.2. The third kappa shape index (κ3) is 4.58. The molecule has 0 unspecified atom stereocenters. The van der Waals surface area contributed by atoms with Crippen molar-refractivity contribution in [3.8, 4) is 0 Å². The van der Waals surface area contributed by atoms with Gasteiger partial charge in [0.15, 0.2) is 0 Å². The topological polar surface area (TPSA) is 26.0 Å². The maximum Gasteiger partial charge on any atom is 0.416 e. The SMILES string of the molecule is N[C@@H](CCC(F)(F)F)c1c(Cl)cccc1C(F)(F)F. The van der Waals surface area contributed by atoms with Gasteiger partial charge in [-0.3, -0.25) is 0 Å². The highest BCUT2D eigenvalue weighted by Gasteiger charge is 2.36. The average molecular weight is 306 g/mol. The molecule has 0 fully saturated rings. The highest BCUT2D eigenvalue weighted by molar-refractivity contribution is 6.31. The molecule has 0 heterocycles. The van der Waals surface area contributed by atoms with Crippen LogP contribution < -0.4 is 5.73 Å². The van der Waals surface area contributed by atoms with Crippen LogP contribution in [0.2, 0.25) is 5.02 Å². The molecule has 1 aromatic rings. The van der Waals surface area contributed by atoms with Gasteiger partial charge in [-0.25, -0.2) is 0 Å². The Labute approximate surface area is 110 Å². The molecular weight excluding hydrogens is 296 g/mol. The molecule has 0 saturated heterocycles. The van der Waals surface area contributed by atoms with Crippen molar-refractivity contribution in [3.05, 3.63) is 34.3 Å². The Balaban J connectivity index is 3.05. The molecule has 8 heteroatoms. The predicted octanol–water partition coefficient (Wildman–Crippen LogP) is 4.70. The van der Waals surface area contributed by atoms with E-state index in [0.717, 1.165) is 12.1 Å². The van der Waals surface area contributed by atoms with E-state index in [2.05, 4.69) is 0 Å². The van der Waals surface area contributed by atoms with Crippen LogP contribution in [0.3, 0.4) is 0 Å². The lowest BCUT2D eigenvalue weighted by Gasteiger charge is -2.20. The first-order valence-electron chi connectivity index (χ1n) is 5.20. The van der Waals surface area contributed by atoms with Crippen molar-refractivity contribution >= 4 is 11.6 Å². The van der Waals surface area contributed by atoms with Crippen LogP contribution in [0.5, 0.6) is 0 Å². The Morgan fingerprint density at radius 3 is 2.16 bits per heavy atom. The minimum atomic E-state index is -4.71. The minimum absolute atomic E-state index is 0.288. The van der Waals surface area contributed by atoms with Gasteiger partial charge in [-0.1, -0.05) is 17.7 Å². The van der Waals surface area contributed by atoms with Crippen LogP contribution in [0.15, 0.2) is 18.2 Å². The molecule has 0 radical (unpaired) electrons. The maximum absolute atomic E-state index is 12.7. The largest absolute Gasteiger partial charge is 0.416 e. The van der Waals surface area contributed by atoms with Crippen LogP contribution in [0, 0.1) is 0 Å². The second-order valence-electron chi connectivity index (χ2n) is 3.96. The molecule has 2 N–H and O–H groups in total. The third-order valence-corrected chi connectivity index (χ3v) is 2.80. The second kappa shape index (κ2) is 5.58. The number of hydrogen-bond donors (Lipinski definition) is 1. The van der Waals surface area contributed by atoms with E-state index in [1.165, 1.54) is 6.07 Å². The van der Waals surface area contributed by atoms with Crippen molar-refractivity contribution in [3.63, 3.8) is 0 Å². The molecule has 1 nitrogen and oxygen atoms in total. The summed E-state index contributed by atoms with van der Waals surface area (Å²) in [5.41, 5.74) is 3.81. The van der Waals surface area contributed by atoms with Crippen molar-refractivity contribution in [2.45, 2.75) is 31.2 Å². The van der Waals surface area contributed by atoms with E-state index in [1.54, 1.807) is 0 Å². The summed E-state index contributed by atoms with van der Waals surface area (Å²) < 4.78 is 74.3. The minimum Gasteiger partial charge on any atom is -0.324 e. The molecule has 0 bridgehead atoms. The smallest absolute Gasteiger partial charge is 0.324 e. The molecule has 0 aliphatic rings. The fourth-order valence-corrected chi connectivity index (χ4v) is 1.94. The average Bonchev–Trinajstić information content (AvgIpc) is 2.23. The van der Waals surface area contributed by atoms with Gasteiger partial charge in [-0.2, -0.15) is 26.3 Å².